The Bertz CT molecular complexity index is 1090. The first kappa shape index (κ1) is 27.7. The Kier molecular flexibility index (Phi) is 10.1. The molecule has 1 aromatic carbocycles. The van der Waals surface area contributed by atoms with Crippen molar-refractivity contribution in [2.45, 2.75) is 50.4 Å². The lowest BCUT2D eigenvalue weighted by Crippen LogP contribution is -2.58. The van der Waals surface area contributed by atoms with Crippen molar-refractivity contribution in [3.05, 3.63) is 36.0 Å². The molecule has 0 aliphatic carbocycles. The number of hydrogen-bond acceptors (Lipinski definition) is 7. The number of nitrogens with two attached hydrogens (primary N) is 2. The maximum absolute atomic E-state index is 12.9. The number of fused-ring (bicyclic) bond motifs is 1. The van der Waals surface area contributed by atoms with Gasteiger partial charge in [0.1, 0.15) is 18.1 Å². The number of amides is 4. The fraction of sp³-hybridized carbons (Fsp3) is 0.409. The molecule has 0 saturated carbocycles. The molecule has 12 nitrogen and oxygen atoms in total. The molecule has 0 aliphatic rings. The van der Waals surface area contributed by atoms with E-state index in [2.05, 4.69) is 33.6 Å². The van der Waals surface area contributed by atoms with Gasteiger partial charge in [-0.1, -0.05) is 18.2 Å². The first-order valence-corrected chi connectivity index (χ1v) is 11.5. The van der Waals surface area contributed by atoms with E-state index in [0.717, 1.165) is 16.5 Å². The van der Waals surface area contributed by atoms with Gasteiger partial charge in [-0.05, 0) is 25.0 Å². The van der Waals surface area contributed by atoms with Crippen LogP contribution in [0.1, 0.15) is 25.3 Å². The summed E-state index contributed by atoms with van der Waals surface area (Å²) in [6.45, 7) is 1.30. The molecule has 1 heterocycles. The summed E-state index contributed by atoms with van der Waals surface area (Å²) in [4.78, 5) is 63.3. The van der Waals surface area contributed by atoms with Crippen LogP contribution in [-0.2, 0) is 30.4 Å². The second-order valence-electron chi connectivity index (χ2n) is 8.05. The van der Waals surface area contributed by atoms with E-state index in [9.17, 15) is 24.0 Å². The Morgan fingerprint density at radius 2 is 1.66 bits per heavy atom. The van der Waals surface area contributed by atoms with E-state index in [1.165, 1.54) is 6.92 Å². The lowest BCUT2D eigenvalue weighted by atomic mass is 10.0. The van der Waals surface area contributed by atoms with Crippen molar-refractivity contribution in [3.63, 3.8) is 0 Å². The van der Waals surface area contributed by atoms with Crippen LogP contribution in [0.15, 0.2) is 30.5 Å². The number of hydrogen-bond donors (Lipinski definition) is 8. The molecule has 4 amide bonds. The molecule has 2 rings (SSSR count). The van der Waals surface area contributed by atoms with Crippen LogP contribution in [0.2, 0.25) is 0 Å². The lowest BCUT2D eigenvalue weighted by Gasteiger charge is -2.24. The fourth-order valence-electron chi connectivity index (χ4n) is 3.28. The number of aliphatic carboxylic acids is 1. The minimum absolute atomic E-state index is 0.000743. The number of carbonyl (C=O) groups excluding carboxylic acids is 4. The molecular weight excluding hydrogens is 476 g/mol. The highest BCUT2D eigenvalue weighted by Gasteiger charge is 2.29. The summed E-state index contributed by atoms with van der Waals surface area (Å²) in [5, 5.41) is 17.4. The van der Waals surface area contributed by atoms with E-state index in [1.54, 1.807) is 6.20 Å². The summed E-state index contributed by atoms with van der Waals surface area (Å²) in [5.74, 6) is -4.05. The van der Waals surface area contributed by atoms with Crippen LogP contribution >= 0.6 is 12.6 Å². The van der Waals surface area contributed by atoms with Gasteiger partial charge in [0, 0.05) is 35.7 Å². The summed E-state index contributed by atoms with van der Waals surface area (Å²) in [7, 11) is 0. The summed E-state index contributed by atoms with van der Waals surface area (Å²) >= 11 is 4.10. The minimum atomic E-state index is -1.24. The molecule has 0 spiro atoms. The molecule has 0 fully saturated rings. The molecule has 1 aromatic heterocycles. The topological polar surface area (TPSA) is 210 Å². The van der Waals surface area contributed by atoms with Gasteiger partial charge in [-0.3, -0.25) is 24.0 Å². The lowest BCUT2D eigenvalue weighted by molar-refractivity contribution is -0.141. The number of carboxylic acids is 1. The zero-order valence-electron chi connectivity index (χ0n) is 19.1. The van der Waals surface area contributed by atoms with Crippen LogP contribution in [0.4, 0.5) is 0 Å². The Hall–Kier alpha value is -3.58. The molecule has 0 bridgehead atoms. The molecule has 0 saturated heterocycles. The van der Waals surface area contributed by atoms with E-state index in [1.807, 2.05) is 24.3 Å². The number of benzene rings is 1. The Labute approximate surface area is 207 Å². The normalized spacial score (nSPS) is 14.4. The van der Waals surface area contributed by atoms with Crippen molar-refractivity contribution < 1.29 is 29.1 Å². The van der Waals surface area contributed by atoms with Crippen LogP contribution in [0.25, 0.3) is 10.9 Å². The average Bonchev–Trinajstić information content (AvgIpc) is 3.22. The number of aromatic nitrogens is 1. The van der Waals surface area contributed by atoms with E-state index in [4.69, 9.17) is 16.6 Å². The highest BCUT2D eigenvalue weighted by molar-refractivity contribution is 7.80. The molecule has 4 atom stereocenters. The van der Waals surface area contributed by atoms with E-state index >= 15 is 0 Å². The van der Waals surface area contributed by atoms with Crippen molar-refractivity contribution in [3.8, 4) is 0 Å². The van der Waals surface area contributed by atoms with Gasteiger partial charge < -0.3 is 37.5 Å². The van der Waals surface area contributed by atoms with Crippen LogP contribution in [0, 0.1) is 0 Å². The third-order valence-corrected chi connectivity index (χ3v) is 5.68. The Balaban J connectivity index is 2.17. The van der Waals surface area contributed by atoms with Gasteiger partial charge in [-0.15, -0.1) is 0 Å². The monoisotopic (exact) mass is 506 g/mol. The van der Waals surface area contributed by atoms with Gasteiger partial charge >= 0.3 is 5.97 Å². The molecule has 2 aromatic rings. The maximum atomic E-state index is 12.9. The number of primary amides is 1. The van der Waals surface area contributed by atoms with Crippen molar-refractivity contribution >= 4 is 53.1 Å². The Morgan fingerprint density at radius 1 is 1.03 bits per heavy atom. The zero-order chi connectivity index (χ0) is 26.1. The fourth-order valence-corrected chi connectivity index (χ4v) is 3.54. The average molecular weight is 507 g/mol. The van der Waals surface area contributed by atoms with Crippen LogP contribution in [-0.4, -0.2) is 69.6 Å². The number of aromatic amines is 1. The molecular formula is C22H30N6O6S. The van der Waals surface area contributed by atoms with Crippen molar-refractivity contribution in [2.24, 2.45) is 11.5 Å². The smallest absolute Gasteiger partial charge is 0.325 e. The maximum Gasteiger partial charge on any atom is 0.325 e. The molecule has 13 heteroatoms. The largest absolute Gasteiger partial charge is 0.480 e. The number of para-hydroxylation sites is 1. The van der Waals surface area contributed by atoms with Gasteiger partial charge in [0.05, 0.1) is 6.04 Å². The zero-order valence-corrected chi connectivity index (χ0v) is 20.0. The highest BCUT2D eigenvalue weighted by atomic mass is 32.1. The first-order valence-electron chi connectivity index (χ1n) is 10.9. The van der Waals surface area contributed by atoms with Crippen molar-refractivity contribution in [1.82, 2.24) is 20.9 Å². The van der Waals surface area contributed by atoms with E-state index in [-0.39, 0.29) is 25.0 Å². The molecule has 35 heavy (non-hydrogen) atoms. The number of thiol groups is 1. The predicted octanol–water partition coefficient (Wildman–Crippen LogP) is -1.21. The van der Waals surface area contributed by atoms with Crippen molar-refractivity contribution in [2.75, 3.05) is 5.75 Å². The number of carboxylic acid groups (broad SMARTS) is 1. The van der Waals surface area contributed by atoms with E-state index in [0.29, 0.717) is 0 Å². The number of H-pyrrole nitrogens is 1. The highest BCUT2D eigenvalue weighted by Crippen LogP contribution is 2.19. The summed E-state index contributed by atoms with van der Waals surface area (Å²) in [6.07, 6.45) is 1.66. The van der Waals surface area contributed by atoms with Gasteiger partial charge in [-0.2, -0.15) is 12.6 Å². The standard InChI is InChI=1S/C22H30N6O6S/c1-11(22(33)34)26-20(31)16(8-12-9-25-15-5-3-2-4-13(12)15)27-21(32)17(10-35)28-19(30)14(23)6-7-18(24)29/h2-5,9,11,14,16-17,25,35H,6-8,10,23H2,1H3,(H2,24,29)(H,26,31)(H,27,32)(H,28,30)(H,33,34). The van der Waals surface area contributed by atoms with Crippen LogP contribution in [0.5, 0.6) is 0 Å². The molecule has 0 aliphatic heterocycles. The van der Waals surface area contributed by atoms with Gasteiger partial charge in [0.15, 0.2) is 0 Å². The number of carbonyl (C=O) groups is 5. The van der Waals surface area contributed by atoms with Crippen molar-refractivity contribution in [1.29, 1.82) is 0 Å². The molecule has 4 unspecified atom stereocenters. The first-order chi connectivity index (χ1) is 16.5. The predicted molar refractivity (Wildman–Crippen MR) is 131 cm³/mol. The summed E-state index contributed by atoms with van der Waals surface area (Å²) < 4.78 is 0. The SMILES string of the molecule is CC(NC(=O)C(Cc1c[nH]c2ccccc12)NC(=O)C(CS)NC(=O)C(N)CCC(N)=O)C(=O)O. The Morgan fingerprint density at radius 3 is 2.29 bits per heavy atom. The number of rotatable bonds is 13. The van der Waals surface area contributed by atoms with Crippen LogP contribution < -0.4 is 27.4 Å². The molecule has 0 radical (unpaired) electrons. The van der Waals surface area contributed by atoms with Gasteiger partial charge in [-0.25, -0.2) is 0 Å². The van der Waals surface area contributed by atoms with Crippen LogP contribution in [0.3, 0.4) is 0 Å². The summed E-state index contributed by atoms with van der Waals surface area (Å²) in [6, 6.07) is 2.83. The third-order valence-electron chi connectivity index (χ3n) is 5.32. The molecule has 190 valence electrons. The third kappa shape index (κ3) is 8.00. The second-order valence-corrected chi connectivity index (χ2v) is 8.41. The molecule has 9 N–H and O–H groups in total. The quantitative estimate of drug-likeness (QED) is 0.155. The second kappa shape index (κ2) is 12.8. The van der Waals surface area contributed by atoms with E-state index < -0.39 is 53.8 Å². The summed E-state index contributed by atoms with van der Waals surface area (Å²) in [5.41, 5.74) is 12.4. The number of nitrogens with one attached hydrogen (secondary N) is 4. The van der Waals surface area contributed by atoms with Gasteiger partial charge in [0.25, 0.3) is 0 Å². The van der Waals surface area contributed by atoms with Gasteiger partial charge in [0.2, 0.25) is 23.6 Å². The minimum Gasteiger partial charge on any atom is -0.480 e.